The van der Waals surface area contributed by atoms with Crippen LogP contribution in [0.5, 0.6) is 5.75 Å². The lowest BCUT2D eigenvalue weighted by atomic mass is 9.86. The standard InChI is InChI=1S/C16H15NO7/c1-24-10-4-2-9(3-5-10)17-7-12(15(20)21)11(6-14(18)19)13(8-17)16(22)23/h2-5,7-8,11H,6H2,1H3,(H,18,19)(H,20,21)(H,22,23). The maximum atomic E-state index is 11.5. The fraction of sp³-hybridized carbons (Fsp3) is 0.188. The Labute approximate surface area is 136 Å². The van der Waals surface area contributed by atoms with Crippen molar-refractivity contribution in [3.8, 4) is 5.75 Å². The highest BCUT2D eigenvalue weighted by Crippen LogP contribution is 2.32. The Morgan fingerprint density at radius 2 is 1.50 bits per heavy atom. The predicted octanol–water partition coefficient (Wildman–Crippen LogP) is 1.54. The molecule has 1 aromatic carbocycles. The van der Waals surface area contributed by atoms with E-state index in [0.717, 1.165) is 0 Å². The summed E-state index contributed by atoms with van der Waals surface area (Å²) in [5.41, 5.74) is -0.0803. The van der Waals surface area contributed by atoms with Gasteiger partial charge in [-0.15, -0.1) is 0 Å². The summed E-state index contributed by atoms with van der Waals surface area (Å²) >= 11 is 0. The van der Waals surface area contributed by atoms with Gasteiger partial charge in [-0.25, -0.2) is 9.59 Å². The Kier molecular flexibility index (Phi) is 4.88. The van der Waals surface area contributed by atoms with E-state index in [1.54, 1.807) is 24.3 Å². The molecule has 126 valence electrons. The van der Waals surface area contributed by atoms with Gasteiger partial charge in [0.05, 0.1) is 24.7 Å². The SMILES string of the molecule is COc1ccc(N2C=C(C(=O)O)C(CC(=O)O)C(C(=O)O)=C2)cc1. The zero-order chi connectivity index (χ0) is 17.9. The topological polar surface area (TPSA) is 124 Å². The minimum absolute atomic E-state index is 0.298. The molecule has 0 radical (unpaired) electrons. The Morgan fingerprint density at radius 1 is 1.00 bits per heavy atom. The predicted molar refractivity (Wildman–Crippen MR) is 82.7 cm³/mol. The van der Waals surface area contributed by atoms with E-state index in [-0.39, 0.29) is 11.1 Å². The molecule has 0 spiro atoms. The Balaban J connectivity index is 2.48. The van der Waals surface area contributed by atoms with Crippen molar-refractivity contribution in [3.05, 3.63) is 47.8 Å². The van der Waals surface area contributed by atoms with Gasteiger partial charge < -0.3 is 25.0 Å². The minimum atomic E-state index is -1.37. The van der Waals surface area contributed by atoms with E-state index >= 15 is 0 Å². The second kappa shape index (κ2) is 6.86. The number of hydrogen-bond donors (Lipinski definition) is 3. The number of hydrogen-bond acceptors (Lipinski definition) is 5. The molecule has 0 aromatic heterocycles. The molecule has 1 aliphatic heterocycles. The fourth-order valence-electron chi connectivity index (χ4n) is 2.39. The molecule has 8 nitrogen and oxygen atoms in total. The molecule has 0 saturated carbocycles. The first-order valence-corrected chi connectivity index (χ1v) is 6.87. The van der Waals surface area contributed by atoms with Gasteiger partial charge in [0.25, 0.3) is 0 Å². The van der Waals surface area contributed by atoms with E-state index in [1.807, 2.05) is 0 Å². The summed E-state index contributed by atoms with van der Waals surface area (Å²) < 4.78 is 5.03. The van der Waals surface area contributed by atoms with E-state index < -0.39 is 30.2 Å². The number of anilines is 1. The average molecular weight is 333 g/mol. The average Bonchev–Trinajstić information content (AvgIpc) is 2.54. The van der Waals surface area contributed by atoms with Crippen molar-refractivity contribution in [2.45, 2.75) is 6.42 Å². The molecule has 8 heteroatoms. The summed E-state index contributed by atoms with van der Waals surface area (Å²) in [5, 5.41) is 27.6. The second-order valence-electron chi connectivity index (χ2n) is 5.03. The van der Waals surface area contributed by atoms with Crippen LogP contribution in [0.1, 0.15) is 6.42 Å². The zero-order valence-electron chi connectivity index (χ0n) is 12.7. The smallest absolute Gasteiger partial charge is 0.333 e. The minimum Gasteiger partial charge on any atom is -0.497 e. The molecule has 1 heterocycles. The third-order valence-electron chi connectivity index (χ3n) is 3.55. The van der Waals surface area contributed by atoms with Gasteiger partial charge in [-0.1, -0.05) is 0 Å². The van der Waals surface area contributed by atoms with Gasteiger partial charge in [-0.05, 0) is 24.3 Å². The maximum absolute atomic E-state index is 11.5. The van der Waals surface area contributed by atoms with Crippen molar-refractivity contribution in [1.82, 2.24) is 0 Å². The highest BCUT2D eigenvalue weighted by Gasteiger charge is 2.34. The number of aliphatic carboxylic acids is 3. The van der Waals surface area contributed by atoms with Crippen LogP contribution in [0.3, 0.4) is 0 Å². The van der Waals surface area contributed by atoms with E-state index in [4.69, 9.17) is 9.84 Å². The van der Waals surface area contributed by atoms with Crippen molar-refractivity contribution in [1.29, 1.82) is 0 Å². The monoisotopic (exact) mass is 333 g/mol. The first-order chi connectivity index (χ1) is 11.3. The van der Waals surface area contributed by atoms with Crippen molar-refractivity contribution < 1.29 is 34.4 Å². The summed E-state index contributed by atoms with van der Waals surface area (Å²) in [6.45, 7) is 0. The van der Waals surface area contributed by atoms with Gasteiger partial charge in [0.2, 0.25) is 0 Å². The molecule has 0 amide bonds. The molecular formula is C16H15NO7. The molecule has 0 fully saturated rings. The third-order valence-corrected chi connectivity index (χ3v) is 3.55. The van der Waals surface area contributed by atoms with E-state index in [0.29, 0.717) is 11.4 Å². The van der Waals surface area contributed by atoms with E-state index in [1.165, 1.54) is 24.4 Å². The fourth-order valence-corrected chi connectivity index (χ4v) is 2.39. The molecule has 24 heavy (non-hydrogen) atoms. The van der Waals surface area contributed by atoms with E-state index in [2.05, 4.69) is 0 Å². The van der Waals surface area contributed by atoms with Crippen molar-refractivity contribution >= 4 is 23.6 Å². The third kappa shape index (κ3) is 3.54. The summed E-state index contributed by atoms with van der Waals surface area (Å²) in [7, 11) is 1.50. The second-order valence-corrected chi connectivity index (χ2v) is 5.03. The van der Waals surface area contributed by atoms with E-state index in [9.17, 15) is 24.6 Å². The molecular weight excluding hydrogens is 318 g/mol. The van der Waals surface area contributed by atoms with Crippen LogP contribution < -0.4 is 9.64 Å². The quantitative estimate of drug-likeness (QED) is 0.716. The van der Waals surface area contributed by atoms with Crippen LogP contribution in [0, 0.1) is 5.92 Å². The molecule has 1 aliphatic rings. The molecule has 0 aliphatic carbocycles. The summed E-state index contributed by atoms with van der Waals surface area (Å²) in [6, 6.07) is 6.53. The highest BCUT2D eigenvalue weighted by atomic mass is 16.5. The van der Waals surface area contributed by atoms with Crippen molar-refractivity contribution in [2.24, 2.45) is 5.92 Å². The normalized spacial score (nSPS) is 14.6. The molecule has 0 saturated heterocycles. The number of carboxylic acid groups (broad SMARTS) is 3. The first-order valence-electron chi connectivity index (χ1n) is 6.87. The lowest BCUT2D eigenvalue weighted by Gasteiger charge is -2.28. The number of methoxy groups -OCH3 is 1. The molecule has 0 unspecified atom stereocenters. The number of ether oxygens (including phenoxy) is 1. The van der Waals surface area contributed by atoms with Gasteiger partial charge in [0, 0.05) is 24.0 Å². The molecule has 3 N–H and O–H groups in total. The molecule has 0 atom stereocenters. The van der Waals surface area contributed by atoms with Crippen LogP contribution in [-0.4, -0.2) is 40.3 Å². The van der Waals surface area contributed by atoms with Crippen LogP contribution >= 0.6 is 0 Å². The maximum Gasteiger partial charge on any atom is 0.333 e. The van der Waals surface area contributed by atoms with Crippen LogP contribution in [0.2, 0.25) is 0 Å². The summed E-state index contributed by atoms with van der Waals surface area (Å²) in [5.74, 6) is -4.66. The largest absolute Gasteiger partial charge is 0.497 e. The lowest BCUT2D eigenvalue weighted by Crippen LogP contribution is -2.30. The number of carbonyl (C=O) groups is 3. The van der Waals surface area contributed by atoms with Gasteiger partial charge in [0.1, 0.15) is 5.75 Å². The van der Waals surface area contributed by atoms with Gasteiger partial charge in [-0.2, -0.15) is 0 Å². The molecule has 2 rings (SSSR count). The first kappa shape index (κ1) is 17.1. The molecule has 1 aromatic rings. The van der Waals surface area contributed by atoms with Gasteiger partial charge in [-0.3, -0.25) is 4.79 Å². The number of carboxylic acids is 3. The number of rotatable bonds is 6. The Bertz CT molecular complexity index is 701. The van der Waals surface area contributed by atoms with Crippen LogP contribution in [-0.2, 0) is 14.4 Å². The summed E-state index contributed by atoms with van der Waals surface area (Å²) in [6.07, 6.45) is 1.83. The van der Waals surface area contributed by atoms with Crippen LogP contribution in [0.15, 0.2) is 47.8 Å². The van der Waals surface area contributed by atoms with Gasteiger partial charge in [0.15, 0.2) is 0 Å². The Hall–Kier alpha value is -3.29. The zero-order valence-corrected chi connectivity index (χ0v) is 12.7. The van der Waals surface area contributed by atoms with Crippen molar-refractivity contribution in [2.75, 3.05) is 12.0 Å². The highest BCUT2D eigenvalue weighted by molar-refractivity contribution is 5.97. The van der Waals surface area contributed by atoms with Gasteiger partial charge >= 0.3 is 17.9 Å². The Morgan fingerprint density at radius 3 is 1.88 bits per heavy atom. The van der Waals surface area contributed by atoms with Crippen LogP contribution in [0.25, 0.3) is 0 Å². The number of benzene rings is 1. The lowest BCUT2D eigenvalue weighted by molar-refractivity contribution is -0.138. The molecule has 0 bridgehead atoms. The summed E-state index contributed by atoms with van der Waals surface area (Å²) in [4.78, 5) is 35.2. The van der Waals surface area contributed by atoms with Crippen molar-refractivity contribution in [3.63, 3.8) is 0 Å². The van der Waals surface area contributed by atoms with Crippen LogP contribution in [0.4, 0.5) is 5.69 Å². The number of nitrogens with zero attached hydrogens (tertiary/aromatic N) is 1.